The van der Waals surface area contributed by atoms with E-state index in [9.17, 15) is 84.3 Å². The van der Waals surface area contributed by atoms with Crippen LogP contribution in [-0.2, 0) is 38.1 Å². The van der Waals surface area contributed by atoms with Gasteiger partial charge in [0.2, 0.25) is 0 Å². The lowest BCUT2D eigenvalue weighted by Gasteiger charge is -2.37. The number of fused-ring (bicyclic) bond motifs is 4. The maximum Gasteiger partial charge on any atom is 0.325 e. The highest BCUT2D eigenvalue weighted by Crippen LogP contribution is 2.50. The molecular weight excluding hydrogens is 1850 g/mol. The molecule has 0 radical (unpaired) electrons. The van der Waals surface area contributed by atoms with Gasteiger partial charge in [-0.2, -0.15) is 0 Å². The van der Waals surface area contributed by atoms with Crippen LogP contribution in [0, 0.1) is 5.92 Å². The molecule has 4 fully saturated rings. The van der Waals surface area contributed by atoms with E-state index in [2.05, 4.69) is 11.8 Å². The number of benzene rings is 8. The molecule has 36 heteroatoms. The first-order chi connectivity index (χ1) is 65.4. The first kappa shape index (κ1) is 102. The number of carbonyl (C=O) groups excluding carboxylic acids is 4. The molecule has 0 saturated carbocycles. The molecule has 12 aromatic rings. The third-order valence-corrected chi connectivity index (χ3v) is 26.4. The highest BCUT2D eigenvalue weighted by molar-refractivity contribution is 6.34. The van der Waals surface area contributed by atoms with Crippen molar-refractivity contribution in [2.75, 3.05) is 93.7 Å². The zero-order chi connectivity index (χ0) is 98.8. The molecule has 16 rings (SSSR count). The summed E-state index contributed by atoms with van der Waals surface area (Å²) in [6.07, 6.45) is 3.70. The zero-order valence-corrected chi connectivity index (χ0v) is 79.3. The maximum absolute atomic E-state index is 13.1. The second kappa shape index (κ2) is 44.9. The number of unbranched alkanes of at least 4 members (excludes halogenated alkanes) is 3. The van der Waals surface area contributed by atoms with Gasteiger partial charge in [-0.1, -0.05) is 135 Å². The van der Waals surface area contributed by atoms with E-state index >= 15 is 0 Å². The molecule has 137 heavy (non-hydrogen) atoms. The van der Waals surface area contributed by atoms with Crippen LogP contribution in [0.2, 0.25) is 20.1 Å². The van der Waals surface area contributed by atoms with Crippen molar-refractivity contribution in [2.45, 2.75) is 139 Å². The van der Waals surface area contributed by atoms with Crippen LogP contribution in [0.15, 0.2) is 182 Å². The number of likely N-dealkylation sites (tertiary alicyclic amines) is 4. The van der Waals surface area contributed by atoms with E-state index < -0.39 is 124 Å². The molecule has 0 amide bonds. The Kier molecular flexibility index (Phi) is 33.5. The van der Waals surface area contributed by atoms with E-state index in [4.69, 9.17) is 100 Å². The number of nitrogens with two attached hydrogens (primary N) is 3. The van der Waals surface area contributed by atoms with E-state index in [1.165, 1.54) is 24.3 Å². The lowest BCUT2D eigenvalue weighted by Crippen LogP contribution is -2.46. The third-order valence-electron chi connectivity index (χ3n) is 25.1. The molecule has 32 nitrogen and oxygen atoms in total. The highest BCUT2D eigenvalue weighted by atomic mass is 35.5. The number of ether oxygens (including phenoxy) is 4. The number of aliphatic hydroxyl groups is 1. The van der Waals surface area contributed by atoms with Crippen LogP contribution in [0.3, 0.4) is 0 Å². The second-order valence-electron chi connectivity index (χ2n) is 35.2. The predicted molar refractivity (Wildman–Crippen MR) is 520 cm³/mol. The zero-order valence-electron chi connectivity index (χ0n) is 76.2. The topological polar surface area (TPSA) is 499 Å². The molecule has 4 saturated heterocycles. The van der Waals surface area contributed by atoms with Crippen LogP contribution in [0.1, 0.15) is 124 Å². The number of hydrogen-bond acceptors (Lipinski definition) is 32. The number of rotatable bonds is 22. The molecule has 8 aromatic carbocycles. The van der Waals surface area contributed by atoms with Gasteiger partial charge in [0.05, 0.1) is 33.2 Å². The minimum absolute atomic E-state index is 0.0121. The van der Waals surface area contributed by atoms with Gasteiger partial charge in [0.1, 0.15) is 149 Å². The Balaban J connectivity index is 0.000000154. The Morgan fingerprint density at radius 3 is 0.927 bits per heavy atom. The van der Waals surface area contributed by atoms with Gasteiger partial charge >= 0.3 is 23.9 Å². The molecule has 0 bridgehead atoms. The number of phenols is 8. The Morgan fingerprint density at radius 1 is 0.394 bits per heavy atom. The van der Waals surface area contributed by atoms with Crippen LogP contribution in [-0.4, -0.2) is 220 Å². The van der Waals surface area contributed by atoms with Gasteiger partial charge in [0, 0.05) is 149 Å². The van der Waals surface area contributed by atoms with Crippen molar-refractivity contribution in [1.82, 2.24) is 19.6 Å². The number of halogens is 4. The van der Waals surface area contributed by atoms with Crippen molar-refractivity contribution in [2.24, 2.45) is 23.1 Å². The molecule has 0 unspecified atom stereocenters. The second-order valence-corrected chi connectivity index (χ2v) is 36.8. The normalized spacial score (nSPS) is 19.3. The smallest absolute Gasteiger partial charge is 0.325 e. The number of nitrogens with zero attached hydrogens (tertiary/aromatic N) is 4. The summed E-state index contributed by atoms with van der Waals surface area (Å²) in [7, 11) is 7.60. The van der Waals surface area contributed by atoms with E-state index in [1.54, 1.807) is 97.1 Å². The fourth-order valence-corrected chi connectivity index (χ4v) is 18.8. The molecule has 8 heterocycles. The van der Waals surface area contributed by atoms with Crippen molar-refractivity contribution in [1.29, 1.82) is 0 Å². The lowest BCUT2D eigenvalue weighted by molar-refractivity contribution is -0.156. The van der Waals surface area contributed by atoms with Crippen LogP contribution < -0.4 is 38.9 Å². The average Bonchev–Trinajstić information content (AvgIpc) is 0.759. The van der Waals surface area contributed by atoms with E-state index in [1.807, 2.05) is 56.7 Å². The summed E-state index contributed by atoms with van der Waals surface area (Å²) >= 11 is 25.3. The number of carbonyl (C=O) groups is 4. The SMILES string of the molecule is CC(C)[C@H](N)C(=O)O[C@@H]1CN(C)CC[C@@H]1c1c(O)cc(O)c2c(=O)cc(-c3ccccc3Cl)oc12.CCCCCCC(=O)O[C@@H]1CN(C)CC[C@@H]1c1c(O)cc(O)c2c(=O)cc(-c3ccccc3Cl)oc12.CN1CC[C@H](c2c(O)cc(O)c3c(=O)cc(-c4ccccc4Cl)oc23)[C@H](OC(=O)CN)C1.CN1CC[C@H](c2c(O)cc(O)c3c(=O)cc(-c4ccccc4Cl)oc23)[C@H](OC(=O)[C@@H](N)CO)C1. The predicted octanol–water partition coefficient (Wildman–Crippen LogP) is 14.7. The number of aromatic hydroxyl groups is 8. The monoisotopic (exact) mass is 1960 g/mol. The molecule has 0 spiro atoms. The van der Waals surface area contributed by atoms with E-state index in [-0.39, 0.29) is 120 Å². The maximum atomic E-state index is 13.1. The highest BCUT2D eigenvalue weighted by Gasteiger charge is 2.43. The van der Waals surface area contributed by atoms with Gasteiger partial charge in [0.15, 0.2) is 21.7 Å². The summed E-state index contributed by atoms with van der Waals surface area (Å²) in [4.78, 5) is 110. The van der Waals surface area contributed by atoms with Crippen molar-refractivity contribution in [3.05, 3.63) is 229 Å². The van der Waals surface area contributed by atoms with Crippen molar-refractivity contribution < 1.29 is 102 Å². The van der Waals surface area contributed by atoms with Crippen LogP contribution >= 0.6 is 46.4 Å². The molecule has 726 valence electrons. The molecule has 0 aliphatic carbocycles. The fraction of sp³-hybridized carbons (Fsp3) is 0.366. The molecule has 4 aromatic heterocycles. The Hall–Kier alpha value is -12.3. The van der Waals surface area contributed by atoms with Crippen LogP contribution in [0.5, 0.6) is 46.0 Å². The number of piperidine rings is 4. The minimum atomic E-state index is -1.21. The van der Waals surface area contributed by atoms with Gasteiger partial charge in [-0.15, -0.1) is 0 Å². The van der Waals surface area contributed by atoms with Gasteiger partial charge in [0.25, 0.3) is 0 Å². The number of hydrogen-bond donors (Lipinski definition) is 12. The summed E-state index contributed by atoms with van der Waals surface area (Å²) in [5.74, 6) is -6.08. The average molecular weight is 1960 g/mol. The molecule has 4 aliphatic heterocycles. The summed E-state index contributed by atoms with van der Waals surface area (Å²) in [6, 6.07) is 35.1. The molecule has 10 atom stereocenters. The first-order valence-electron chi connectivity index (χ1n) is 44.8. The fourth-order valence-electron chi connectivity index (χ4n) is 17.9. The van der Waals surface area contributed by atoms with E-state index in [0.29, 0.717) is 143 Å². The van der Waals surface area contributed by atoms with Gasteiger partial charge < -0.3 is 119 Å². The molecule has 4 aliphatic rings. The number of phenolic OH excluding ortho intramolecular Hbond substituents is 8. The quantitative estimate of drug-likeness (QED) is 0.0170. The van der Waals surface area contributed by atoms with Crippen molar-refractivity contribution in [3.8, 4) is 91.3 Å². The van der Waals surface area contributed by atoms with Crippen LogP contribution in [0.4, 0.5) is 0 Å². The summed E-state index contributed by atoms with van der Waals surface area (Å²) < 4.78 is 47.4. The number of esters is 4. The Morgan fingerprint density at radius 2 is 0.664 bits per heavy atom. The molecular formula is C101H109Cl4N7O25. The third kappa shape index (κ3) is 23.1. The largest absolute Gasteiger partial charge is 0.507 e. The Labute approximate surface area is 806 Å². The molecule has 15 N–H and O–H groups in total. The van der Waals surface area contributed by atoms with Crippen molar-refractivity contribution in [3.63, 3.8) is 0 Å². The van der Waals surface area contributed by atoms with Crippen LogP contribution in [0.25, 0.3) is 89.2 Å². The minimum Gasteiger partial charge on any atom is -0.507 e. The summed E-state index contributed by atoms with van der Waals surface area (Å²) in [6.45, 7) is 9.17. The van der Waals surface area contributed by atoms with Gasteiger partial charge in [-0.05, 0) is 141 Å². The Bertz CT molecular complexity index is 6750. The van der Waals surface area contributed by atoms with E-state index in [0.717, 1.165) is 49.9 Å². The standard InChI is InChI=1S/C28H32ClNO6.C26H29ClN2O6.C24H25ClN2O7.C23H23ClN2O6/c1-3-4-5-6-11-25(34)35-24-16-30(2)13-12-18(24)26-20(31)14-21(32)27-22(33)15-23(36-28(26)27)17-9-7-8-10-19(17)29;1-13(2)24(28)26(33)35-21-12-29(3)9-8-15(21)22-17(30)10-18(31)23-19(32)11-20(34-25(22)23)14-6-4-5-7-16(14)27;1-27-7-6-13(20(10-27)34-24(32)15(26)11-28)21-16(29)8-17(30)22-18(31)9-19(33-23(21)22)12-4-2-3-5-14(12)25;1-26-7-6-13(19(11-26)31-20(30)10-25)21-15(27)8-16(28)22-17(29)9-18(32-23(21)22)12-4-2-3-5-14(12)24/h7-10,14-15,18,24,31-32H,3-6,11-13,16H2,1-2H3;4-7,10-11,13,15,21,24,30-31H,8-9,12,28H2,1-3H3;2-5,8-9,13,15,20,28-30H,6-7,10-11,26H2,1H3;2-5,8-9,13,19,27-28H,6-7,10-11,25H2,1H3/t18-,24+;15-,21+,24-;13-,15-,20+;13-,19+/m0000/s1. The summed E-state index contributed by atoms with van der Waals surface area (Å²) in [5, 5.41) is 95.9. The van der Waals surface area contributed by atoms with Crippen molar-refractivity contribution >= 4 is 114 Å². The number of likely N-dealkylation sites (N-methyl/N-ethyl adjacent to an activating group) is 4. The summed E-state index contributed by atoms with van der Waals surface area (Å²) in [5.41, 5.74) is 18.4. The lowest BCUT2D eigenvalue weighted by atomic mass is 9.85. The van der Waals surface area contributed by atoms with Gasteiger partial charge in [-0.25, -0.2) is 0 Å². The first-order valence-corrected chi connectivity index (χ1v) is 46.4. The van der Waals surface area contributed by atoms with Gasteiger partial charge in [-0.3, -0.25) is 38.4 Å². The number of aliphatic hydroxyl groups excluding tert-OH is 1.